The molecular weight excluding hydrogens is 328 g/mol. The van der Waals surface area contributed by atoms with Crippen molar-refractivity contribution >= 4 is 17.6 Å². The van der Waals surface area contributed by atoms with E-state index in [1.165, 1.54) is 0 Å². The number of hydrogen-bond donors (Lipinski definition) is 0. The van der Waals surface area contributed by atoms with Crippen LogP contribution in [0, 0.1) is 0 Å². The monoisotopic (exact) mass is 356 g/mol. The number of likely N-dealkylation sites (N-methyl/N-ethyl adjacent to an activating group) is 1. The second kappa shape index (κ2) is 7.82. The first-order valence-electron chi connectivity index (χ1n) is 8.87. The summed E-state index contributed by atoms with van der Waals surface area (Å²) < 4.78 is 0. The molecule has 1 aliphatic heterocycles. The highest BCUT2D eigenvalue weighted by Gasteiger charge is 2.27. The van der Waals surface area contributed by atoms with E-state index in [9.17, 15) is 0 Å². The molecule has 8 heteroatoms. The van der Waals surface area contributed by atoms with Crippen molar-refractivity contribution < 1.29 is 0 Å². The van der Waals surface area contributed by atoms with Gasteiger partial charge < -0.3 is 14.7 Å². The highest BCUT2D eigenvalue weighted by molar-refractivity contribution is 5.49. The van der Waals surface area contributed by atoms with Crippen LogP contribution in [0.2, 0.25) is 0 Å². The van der Waals surface area contributed by atoms with Crippen LogP contribution in [0.25, 0.3) is 0 Å². The molecule has 2 aromatic rings. The maximum atomic E-state index is 4.45. The quantitative estimate of drug-likeness (QED) is 0.763. The number of anilines is 3. The highest BCUT2D eigenvalue weighted by Crippen LogP contribution is 2.23. The van der Waals surface area contributed by atoms with Crippen molar-refractivity contribution in [2.24, 2.45) is 0 Å². The SMILES string of the molecule is CN(C)c1cc(N(C)C2CCN(Cc3cnc(N(C)C)nc3)C2)ncn1. The van der Waals surface area contributed by atoms with Gasteiger partial charge in [-0.1, -0.05) is 0 Å². The van der Waals surface area contributed by atoms with Crippen LogP contribution in [-0.4, -0.2) is 79.2 Å². The summed E-state index contributed by atoms with van der Waals surface area (Å²) in [5.74, 6) is 2.64. The third-order valence-electron chi connectivity index (χ3n) is 4.75. The molecule has 2 aromatic heterocycles. The lowest BCUT2D eigenvalue weighted by atomic mass is 10.2. The minimum absolute atomic E-state index is 0.446. The topological polar surface area (TPSA) is 64.5 Å². The van der Waals surface area contributed by atoms with Crippen LogP contribution >= 0.6 is 0 Å². The van der Waals surface area contributed by atoms with Gasteiger partial charge >= 0.3 is 0 Å². The van der Waals surface area contributed by atoms with Crippen molar-refractivity contribution in [1.29, 1.82) is 0 Å². The predicted octanol–water partition coefficient (Wildman–Crippen LogP) is 1.11. The van der Waals surface area contributed by atoms with Crippen LogP contribution in [0.3, 0.4) is 0 Å². The summed E-state index contributed by atoms with van der Waals surface area (Å²) in [7, 11) is 10.0. The van der Waals surface area contributed by atoms with Gasteiger partial charge in [-0.2, -0.15) is 0 Å². The fraction of sp³-hybridized carbons (Fsp3) is 0.556. The smallest absolute Gasteiger partial charge is 0.224 e. The maximum absolute atomic E-state index is 4.45. The summed E-state index contributed by atoms with van der Waals surface area (Å²) in [4.78, 5) is 26.2. The van der Waals surface area contributed by atoms with Crippen molar-refractivity contribution in [3.63, 3.8) is 0 Å². The van der Waals surface area contributed by atoms with Crippen LogP contribution < -0.4 is 14.7 Å². The molecule has 0 spiro atoms. The van der Waals surface area contributed by atoms with E-state index in [1.54, 1.807) is 6.33 Å². The minimum Gasteiger partial charge on any atom is -0.363 e. The van der Waals surface area contributed by atoms with Crippen molar-refractivity contribution in [2.45, 2.75) is 19.0 Å². The Bertz CT molecular complexity index is 715. The third-order valence-corrected chi connectivity index (χ3v) is 4.75. The first-order valence-corrected chi connectivity index (χ1v) is 8.87. The van der Waals surface area contributed by atoms with E-state index in [-0.39, 0.29) is 0 Å². The van der Waals surface area contributed by atoms with E-state index in [4.69, 9.17) is 0 Å². The minimum atomic E-state index is 0.446. The Morgan fingerprint density at radius 3 is 2.31 bits per heavy atom. The van der Waals surface area contributed by atoms with E-state index >= 15 is 0 Å². The summed E-state index contributed by atoms with van der Waals surface area (Å²) in [5, 5.41) is 0. The molecule has 1 unspecified atom stereocenters. The summed E-state index contributed by atoms with van der Waals surface area (Å²) >= 11 is 0. The fourth-order valence-electron chi connectivity index (χ4n) is 3.15. The van der Waals surface area contributed by atoms with E-state index in [0.717, 1.165) is 49.2 Å². The fourth-order valence-corrected chi connectivity index (χ4v) is 3.15. The summed E-state index contributed by atoms with van der Waals surface area (Å²) in [5.41, 5.74) is 1.15. The Hall–Kier alpha value is -2.48. The average molecular weight is 356 g/mol. The first kappa shape index (κ1) is 18.3. The van der Waals surface area contributed by atoms with E-state index in [0.29, 0.717) is 6.04 Å². The Morgan fingerprint density at radius 2 is 1.65 bits per heavy atom. The molecule has 0 bridgehead atoms. The molecular formula is C18H28N8. The summed E-state index contributed by atoms with van der Waals surface area (Å²) in [6.07, 6.45) is 6.60. The molecule has 1 saturated heterocycles. The van der Waals surface area contributed by atoms with E-state index < -0.39 is 0 Å². The number of hydrogen-bond acceptors (Lipinski definition) is 8. The van der Waals surface area contributed by atoms with E-state index in [2.05, 4.69) is 36.8 Å². The Labute approximate surface area is 155 Å². The molecule has 140 valence electrons. The van der Waals surface area contributed by atoms with Gasteiger partial charge in [-0.15, -0.1) is 0 Å². The van der Waals surface area contributed by atoms with Crippen molar-refractivity contribution in [2.75, 3.05) is 63.0 Å². The van der Waals surface area contributed by atoms with Gasteiger partial charge in [0.2, 0.25) is 5.95 Å². The second-order valence-electron chi connectivity index (χ2n) is 7.20. The molecule has 1 atom stereocenters. The molecule has 0 aliphatic carbocycles. The first-order chi connectivity index (χ1) is 12.4. The summed E-state index contributed by atoms with van der Waals surface area (Å²) in [6.45, 7) is 2.95. The molecule has 3 heterocycles. The van der Waals surface area contributed by atoms with Crippen LogP contribution in [0.15, 0.2) is 24.8 Å². The van der Waals surface area contributed by atoms with Crippen molar-refractivity contribution in [1.82, 2.24) is 24.8 Å². The number of rotatable bonds is 6. The Kier molecular flexibility index (Phi) is 5.51. The zero-order valence-corrected chi connectivity index (χ0v) is 16.3. The van der Waals surface area contributed by atoms with Crippen molar-refractivity contribution in [3.05, 3.63) is 30.4 Å². The maximum Gasteiger partial charge on any atom is 0.224 e. The highest BCUT2D eigenvalue weighted by atomic mass is 15.3. The lowest BCUT2D eigenvalue weighted by Gasteiger charge is -2.26. The van der Waals surface area contributed by atoms with Crippen LogP contribution in [-0.2, 0) is 6.54 Å². The average Bonchev–Trinajstić information content (AvgIpc) is 3.10. The zero-order valence-electron chi connectivity index (χ0n) is 16.3. The van der Waals surface area contributed by atoms with Gasteiger partial charge in [0.1, 0.15) is 18.0 Å². The van der Waals surface area contributed by atoms with Gasteiger partial charge in [-0.3, -0.25) is 4.90 Å². The molecule has 0 N–H and O–H groups in total. The van der Waals surface area contributed by atoms with Crippen LogP contribution in [0.1, 0.15) is 12.0 Å². The molecule has 1 aliphatic rings. The number of aromatic nitrogens is 4. The molecule has 0 aromatic carbocycles. The van der Waals surface area contributed by atoms with Gasteiger partial charge in [0.25, 0.3) is 0 Å². The number of nitrogens with zero attached hydrogens (tertiary/aromatic N) is 8. The molecule has 1 fully saturated rings. The lowest BCUT2D eigenvalue weighted by molar-refractivity contribution is 0.325. The van der Waals surface area contributed by atoms with Crippen LogP contribution in [0.4, 0.5) is 17.6 Å². The molecule has 0 amide bonds. The zero-order chi connectivity index (χ0) is 18.7. The second-order valence-corrected chi connectivity index (χ2v) is 7.20. The van der Waals surface area contributed by atoms with Gasteiger partial charge in [0.05, 0.1) is 0 Å². The number of likely N-dealkylation sites (tertiary alicyclic amines) is 1. The van der Waals surface area contributed by atoms with E-state index in [1.807, 2.05) is 56.5 Å². The Morgan fingerprint density at radius 1 is 0.962 bits per heavy atom. The molecule has 0 radical (unpaired) electrons. The Balaban J connectivity index is 1.60. The molecule has 3 rings (SSSR count). The van der Waals surface area contributed by atoms with Crippen LogP contribution in [0.5, 0.6) is 0 Å². The lowest BCUT2D eigenvalue weighted by Crippen LogP contribution is -2.35. The summed E-state index contributed by atoms with van der Waals surface area (Å²) in [6, 6.07) is 2.48. The predicted molar refractivity (Wildman–Crippen MR) is 105 cm³/mol. The van der Waals surface area contributed by atoms with Crippen molar-refractivity contribution in [3.8, 4) is 0 Å². The normalized spacial score (nSPS) is 17.3. The molecule has 0 saturated carbocycles. The standard InChI is InChI=1S/C18H28N8/c1-23(2)16-8-17(22-13-21-16)25(5)15-6-7-26(12-15)11-14-9-19-18(20-10-14)24(3)4/h8-10,13,15H,6-7,11-12H2,1-5H3. The third kappa shape index (κ3) is 4.19. The van der Waals surface area contributed by atoms with Gasteiger partial charge in [0.15, 0.2) is 0 Å². The van der Waals surface area contributed by atoms with Gasteiger partial charge in [0, 0.05) is 84.9 Å². The molecule has 8 nitrogen and oxygen atoms in total. The molecule has 26 heavy (non-hydrogen) atoms. The largest absolute Gasteiger partial charge is 0.363 e. The van der Waals surface area contributed by atoms with Gasteiger partial charge in [-0.25, -0.2) is 19.9 Å². The van der Waals surface area contributed by atoms with Gasteiger partial charge in [-0.05, 0) is 6.42 Å².